The van der Waals surface area contributed by atoms with Crippen LogP contribution in [-0.2, 0) is 14.3 Å². The summed E-state index contributed by atoms with van der Waals surface area (Å²) < 4.78 is 5.40. The summed E-state index contributed by atoms with van der Waals surface area (Å²) in [5, 5.41) is 5.35. The Morgan fingerprint density at radius 1 is 1.18 bits per heavy atom. The van der Waals surface area contributed by atoms with E-state index in [2.05, 4.69) is 10.6 Å². The topological polar surface area (TPSA) is 148 Å². The molecule has 4 N–H and O–H groups in total. The number of ether oxygens (including phenoxy) is 1. The number of carbonyl (C=O) groups excluding carboxylic acids is 5. The van der Waals surface area contributed by atoms with Gasteiger partial charge in [-0.25, -0.2) is 4.79 Å². The van der Waals surface area contributed by atoms with E-state index in [0.717, 1.165) is 4.90 Å². The van der Waals surface area contributed by atoms with Gasteiger partial charge in [0.05, 0.1) is 11.1 Å². The number of hydrogen-bond acceptors (Lipinski definition) is 7. The van der Waals surface area contributed by atoms with Crippen molar-refractivity contribution in [1.82, 2.24) is 10.2 Å². The molecule has 2 aliphatic rings. The molecule has 0 spiro atoms. The van der Waals surface area contributed by atoms with Crippen molar-refractivity contribution in [2.45, 2.75) is 65.0 Å². The van der Waals surface area contributed by atoms with Gasteiger partial charge in [0.1, 0.15) is 11.6 Å². The molecule has 0 bridgehead atoms. The largest absolute Gasteiger partial charge is 0.443 e. The normalized spacial score (nSPS) is 20.2. The predicted octanol–water partition coefficient (Wildman–Crippen LogP) is 2.18. The summed E-state index contributed by atoms with van der Waals surface area (Å²) in [6, 6.07) is 3.83. The van der Waals surface area contributed by atoms with Crippen molar-refractivity contribution in [2.24, 2.45) is 11.1 Å². The summed E-state index contributed by atoms with van der Waals surface area (Å²) in [5.74, 6) is -2.23. The highest BCUT2D eigenvalue weighted by Gasteiger charge is 2.45. The lowest BCUT2D eigenvalue weighted by molar-refractivity contribution is -0.136. The molecule has 3 rings (SSSR count). The Hall–Kier alpha value is -3.43. The van der Waals surface area contributed by atoms with Gasteiger partial charge in [-0.05, 0) is 37.3 Å². The van der Waals surface area contributed by atoms with Crippen LogP contribution in [0.25, 0.3) is 0 Å². The third-order valence-electron chi connectivity index (χ3n) is 5.69. The predicted molar refractivity (Wildman–Crippen MR) is 119 cm³/mol. The van der Waals surface area contributed by atoms with Crippen molar-refractivity contribution in [1.29, 1.82) is 0 Å². The third-order valence-corrected chi connectivity index (χ3v) is 5.69. The lowest BCUT2D eigenvalue weighted by Gasteiger charge is -2.35. The lowest BCUT2D eigenvalue weighted by atomic mass is 9.81. The van der Waals surface area contributed by atoms with Crippen LogP contribution in [0.5, 0.6) is 0 Å². The van der Waals surface area contributed by atoms with Gasteiger partial charge < -0.3 is 15.8 Å². The average molecular weight is 459 g/mol. The Kier molecular flexibility index (Phi) is 6.49. The van der Waals surface area contributed by atoms with E-state index < -0.39 is 41.4 Å². The van der Waals surface area contributed by atoms with Crippen molar-refractivity contribution in [3.05, 3.63) is 29.3 Å². The van der Waals surface area contributed by atoms with E-state index in [0.29, 0.717) is 25.1 Å². The third kappa shape index (κ3) is 5.32. The number of anilines is 1. The Balaban J connectivity index is 1.77. The van der Waals surface area contributed by atoms with Gasteiger partial charge in [-0.1, -0.05) is 26.8 Å². The molecule has 1 aromatic rings. The average Bonchev–Trinajstić information content (AvgIpc) is 2.91. The van der Waals surface area contributed by atoms with Crippen LogP contribution < -0.4 is 16.4 Å². The molecule has 1 saturated heterocycles. The lowest BCUT2D eigenvalue weighted by Crippen LogP contribution is -2.54. The Bertz CT molecular complexity index is 1010. The molecular weight excluding hydrogens is 428 g/mol. The maximum Gasteiger partial charge on any atom is 0.405 e. The number of amides is 5. The number of piperidine rings is 1. The number of nitrogens with one attached hydrogen (secondary N) is 2. The number of primary amides is 1. The first-order valence-corrected chi connectivity index (χ1v) is 10.9. The maximum atomic E-state index is 13.2. The minimum Gasteiger partial charge on any atom is -0.443 e. The van der Waals surface area contributed by atoms with E-state index in [9.17, 15) is 24.0 Å². The molecule has 10 nitrogen and oxygen atoms in total. The van der Waals surface area contributed by atoms with Gasteiger partial charge in [0.15, 0.2) is 0 Å². The van der Waals surface area contributed by atoms with E-state index in [1.807, 2.05) is 20.8 Å². The number of nitrogens with zero attached hydrogens (tertiary/aromatic N) is 1. The van der Waals surface area contributed by atoms with E-state index in [1.54, 1.807) is 19.1 Å². The first kappa shape index (κ1) is 24.2. The van der Waals surface area contributed by atoms with E-state index in [-0.39, 0.29) is 29.4 Å². The fourth-order valence-electron chi connectivity index (χ4n) is 4.66. The SMILES string of the molecule is CC(C)(C)CC(C)(CCNc1cccc2c1C(=O)N(C1CCC(=O)NC1=O)C2=O)OC(N)=O. The van der Waals surface area contributed by atoms with Crippen LogP contribution in [0.15, 0.2) is 18.2 Å². The van der Waals surface area contributed by atoms with Crippen LogP contribution in [0.1, 0.15) is 74.1 Å². The van der Waals surface area contributed by atoms with Crippen LogP contribution >= 0.6 is 0 Å². The first-order valence-electron chi connectivity index (χ1n) is 10.9. The number of hydrogen-bond donors (Lipinski definition) is 3. The van der Waals surface area contributed by atoms with Crippen molar-refractivity contribution in [3.8, 4) is 0 Å². The molecule has 33 heavy (non-hydrogen) atoms. The molecule has 2 heterocycles. The Morgan fingerprint density at radius 3 is 2.48 bits per heavy atom. The highest BCUT2D eigenvalue weighted by Crippen LogP contribution is 2.34. The Morgan fingerprint density at radius 2 is 1.88 bits per heavy atom. The van der Waals surface area contributed by atoms with Crippen LogP contribution in [-0.4, -0.2) is 52.8 Å². The second-order valence-corrected chi connectivity index (χ2v) is 9.96. The summed E-state index contributed by atoms with van der Waals surface area (Å²) >= 11 is 0. The number of fused-ring (bicyclic) bond motifs is 1. The second kappa shape index (κ2) is 8.84. The van der Waals surface area contributed by atoms with E-state index >= 15 is 0 Å². The van der Waals surface area contributed by atoms with Crippen LogP contribution in [0.4, 0.5) is 10.5 Å². The number of carbonyl (C=O) groups is 5. The van der Waals surface area contributed by atoms with E-state index in [1.165, 1.54) is 6.07 Å². The van der Waals surface area contributed by atoms with Crippen molar-refractivity contribution in [3.63, 3.8) is 0 Å². The standard InChI is InChI=1S/C23H30N4O6/c1-22(2,3)12-23(4,33-21(24)32)10-11-25-14-7-5-6-13-17(14)20(31)27(19(13)30)15-8-9-16(28)26-18(15)29/h5-7,15,25H,8-12H2,1-4H3,(H2,24,32)(H,26,28,29). The molecule has 2 atom stereocenters. The number of nitrogens with two attached hydrogens (primary N) is 1. The summed E-state index contributed by atoms with van der Waals surface area (Å²) in [5.41, 5.74) is 5.14. The molecule has 0 aromatic heterocycles. The van der Waals surface area contributed by atoms with Crippen LogP contribution in [0, 0.1) is 5.41 Å². The quantitative estimate of drug-likeness (QED) is 0.530. The molecule has 1 fully saturated rings. The molecule has 0 saturated carbocycles. The van der Waals surface area contributed by atoms with Crippen LogP contribution in [0.3, 0.4) is 0 Å². The maximum absolute atomic E-state index is 13.2. The summed E-state index contributed by atoms with van der Waals surface area (Å²) in [7, 11) is 0. The summed E-state index contributed by atoms with van der Waals surface area (Å²) in [6.07, 6.45) is 0.270. The minimum absolute atomic E-state index is 0.0567. The zero-order valence-electron chi connectivity index (χ0n) is 19.3. The fraction of sp³-hybridized carbons (Fsp3) is 0.522. The molecule has 10 heteroatoms. The molecule has 2 aliphatic heterocycles. The van der Waals surface area contributed by atoms with E-state index in [4.69, 9.17) is 10.5 Å². The second-order valence-electron chi connectivity index (χ2n) is 9.96. The number of rotatable bonds is 7. The molecule has 0 aliphatic carbocycles. The smallest absolute Gasteiger partial charge is 0.405 e. The molecule has 2 unspecified atom stereocenters. The molecular formula is C23H30N4O6. The number of benzene rings is 1. The Labute approximate surface area is 192 Å². The van der Waals surface area contributed by atoms with Gasteiger partial charge in [-0.15, -0.1) is 0 Å². The van der Waals surface area contributed by atoms with Crippen molar-refractivity contribution >= 4 is 35.4 Å². The minimum atomic E-state index is -1.03. The zero-order chi connectivity index (χ0) is 24.6. The monoisotopic (exact) mass is 458 g/mol. The zero-order valence-corrected chi connectivity index (χ0v) is 19.3. The summed E-state index contributed by atoms with van der Waals surface area (Å²) in [4.78, 5) is 62.2. The van der Waals surface area contributed by atoms with Gasteiger partial charge in [0.2, 0.25) is 11.8 Å². The van der Waals surface area contributed by atoms with Crippen LogP contribution in [0.2, 0.25) is 0 Å². The molecule has 178 valence electrons. The van der Waals surface area contributed by atoms with Gasteiger partial charge in [0.25, 0.3) is 11.8 Å². The molecule has 1 aromatic carbocycles. The molecule has 5 amide bonds. The van der Waals surface area contributed by atoms with Gasteiger partial charge in [0, 0.05) is 25.1 Å². The fourth-order valence-corrected chi connectivity index (χ4v) is 4.66. The van der Waals surface area contributed by atoms with Gasteiger partial charge in [-0.3, -0.25) is 29.4 Å². The van der Waals surface area contributed by atoms with Gasteiger partial charge >= 0.3 is 6.09 Å². The highest BCUT2D eigenvalue weighted by molar-refractivity contribution is 6.25. The number of imide groups is 2. The highest BCUT2D eigenvalue weighted by atomic mass is 16.6. The summed E-state index contributed by atoms with van der Waals surface area (Å²) in [6.45, 7) is 8.23. The van der Waals surface area contributed by atoms with Crippen molar-refractivity contribution < 1.29 is 28.7 Å². The molecule has 0 radical (unpaired) electrons. The van der Waals surface area contributed by atoms with Gasteiger partial charge in [-0.2, -0.15) is 0 Å². The van der Waals surface area contributed by atoms with Crippen molar-refractivity contribution in [2.75, 3.05) is 11.9 Å². The first-order chi connectivity index (χ1) is 15.3.